The molecule has 0 spiro atoms. The monoisotopic (exact) mass is 451 g/mol. The highest BCUT2D eigenvalue weighted by molar-refractivity contribution is 7.89. The number of sulfonamides is 1. The number of esters is 1. The highest BCUT2D eigenvalue weighted by Crippen LogP contribution is 2.27. The first-order chi connectivity index (χ1) is 14.6. The van der Waals surface area contributed by atoms with Crippen molar-refractivity contribution in [2.45, 2.75) is 11.8 Å². The fourth-order valence-electron chi connectivity index (χ4n) is 2.42. The Morgan fingerprint density at radius 1 is 0.968 bits per heavy atom. The van der Waals surface area contributed by atoms with Gasteiger partial charge in [-0.05, 0) is 42.8 Å². The maximum Gasteiger partial charge on any atom is 0.338 e. The topological polar surface area (TPSA) is 163 Å². The number of aryl methyl sites for hydroxylation is 1. The molecule has 12 heteroatoms. The fraction of sp³-hybridized carbons (Fsp3) is 0.211. The van der Waals surface area contributed by atoms with Crippen LogP contribution in [0.15, 0.2) is 41.3 Å². The molecule has 2 amide bonds. The standard InChI is InChI=1S/C19H21N3O8S/c1-11-4-6-13(31(20,26)27)9-14(11)19(25)30-10-17(23)21-22-18(24)12-5-7-15(28-2)16(8-12)29-3/h4-9H,10H2,1-3H3,(H,21,23)(H,22,24)(H2,20,26,27). The van der Waals surface area contributed by atoms with E-state index in [0.717, 1.165) is 6.07 Å². The average molecular weight is 451 g/mol. The zero-order chi connectivity index (χ0) is 23.2. The number of nitrogens with one attached hydrogen (secondary N) is 2. The normalized spacial score (nSPS) is 10.7. The van der Waals surface area contributed by atoms with Crippen molar-refractivity contribution in [3.05, 3.63) is 53.1 Å². The number of hydrogen-bond acceptors (Lipinski definition) is 8. The van der Waals surface area contributed by atoms with Crippen LogP contribution in [0.2, 0.25) is 0 Å². The predicted octanol–water partition coefficient (Wildman–Crippen LogP) is 0.278. The van der Waals surface area contributed by atoms with Gasteiger partial charge in [0.15, 0.2) is 18.1 Å². The molecule has 0 aliphatic heterocycles. The highest BCUT2D eigenvalue weighted by atomic mass is 32.2. The van der Waals surface area contributed by atoms with E-state index in [2.05, 4.69) is 10.9 Å². The van der Waals surface area contributed by atoms with Crippen molar-refractivity contribution < 1.29 is 37.0 Å². The Bertz CT molecular complexity index is 1120. The molecule has 2 aromatic rings. The minimum Gasteiger partial charge on any atom is -0.493 e. The van der Waals surface area contributed by atoms with Crippen molar-refractivity contribution in [2.24, 2.45) is 5.14 Å². The number of carbonyl (C=O) groups is 3. The molecule has 166 valence electrons. The summed E-state index contributed by atoms with van der Waals surface area (Å²) in [5.41, 5.74) is 4.82. The Morgan fingerprint density at radius 2 is 1.65 bits per heavy atom. The van der Waals surface area contributed by atoms with Crippen LogP contribution in [0.25, 0.3) is 0 Å². The zero-order valence-electron chi connectivity index (χ0n) is 16.9. The third-order valence-corrected chi connectivity index (χ3v) is 4.96. The summed E-state index contributed by atoms with van der Waals surface area (Å²) in [5, 5.41) is 5.05. The first kappa shape index (κ1) is 23.6. The number of primary sulfonamides is 1. The lowest BCUT2D eigenvalue weighted by molar-refractivity contribution is -0.125. The van der Waals surface area contributed by atoms with E-state index < -0.39 is 34.4 Å². The van der Waals surface area contributed by atoms with Crippen LogP contribution in [0.3, 0.4) is 0 Å². The minimum atomic E-state index is -4.01. The highest BCUT2D eigenvalue weighted by Gasteiger charge is 2.17. The molecule has 0 radical (unpaired) electrons. The molecular weight excluding hydrogens is 430 g/mol. The molecule has 0 aliphatic rings. The quantitative estimate of drug-likeness (QED) is 0.399. The smallest absolute Gasteiger partial charge is 0.338 e. The molecular formula is C19H21N3O8S. The van der Waals surface area contributed by atoms with Crippen molar-refractivity contribution in [2.75, 3.05) is 20.8 Å². The number of hydrazine groups is 1. The Morgan fingerprint density at radius 3 is 2.26 bits per heavy atom. The van der Waals surface area contributed by atoms with Crippen LogP contribution >= 0.6 is 0 Å². The molecule has 0 saturated heterocycles. The number of amides is 2. The van der Waals surface area contributed by atoms with Crippen molar-refractivity contribution in [1.29, 1.82) is 0 Å². The Kier molecular flexibility index (Phi) is 7.56. The van der Waals surface area contributed by atoms with E-state index in [-0.39, 0.29) is 16.0 Å². The van der Waals surface area contributed by atoms with Crippen molar-refractivity contribution in [1.82, 2.24) is 10.9 Å². The van der Waals surface area contributed by atoms with Gasteiger partial charge in [-0.2, -0.15) is 0 Å². The summed E-state index contributed by atoms with van der Waals surface area (Å²) in [6.45, 7) is 0.844. The van der Waals surface area contributed by atoms with E-state index in [1.807, 2.05) is 0 Å². The number of ether oxygens (including phenoxy) is 3. The van der Waals surface area contributed by atoms with Crippen LogP contribution in [0.5, 0.6) is 11.5 Å². The van der Waals surface area contributed by atoms with Gasteiger partial charge < -0.3 is 14.2 Å². The number of nitrogens with two attached hydrogens (primary N) is 1. The third kappa shape index (κ3) is 6.17. The van der Waals surface area contributed by atoms with E-state index >= 15 is 0 Å². The lowest BCUT2D eigenvalue weighted by Gasteiger charge is -2.11. The maximum atomic E-state index is 12.2. The molecule has 0 saturated carbocycles. The van der Waals surface area contributed by atoms with Gasteiger partial charge in [0.2, 0.25) is 10.0 Å². The Labute approximate surface area is 178 Å². The molecule has 31 heavy (non-hydrogen) atoms. The molecule has 0 atom stereocenters. The molecule has 2 rings (SSSR count). The molecule has 0 heterocycles. The van der Waals surface area contributed by atoms with Crippen LogP contribution in [0, 0.1) is 6.92 Å². The van der Waals surface area contributed by atoms with Gasteiger partial charge in [-0.15, -0.1) is 0 Å². The summed E-state index contributed by atoms with van der Waals surface area (Å²) in [4.78, 5) is 36.0. The SMILES string of the molecule is COc1ccc(C(=O)NNC(=O)COC(=O)c2cc(S(N)(=O)=O)ccc2C)cc1OC. The summed E-state index contributed by atoms with van der Waals surface area (Å²) < 4.78 is 37.9. The number of benzene rings is 2. The van der Waals surface area contributed by atoms with Gasteiger partial charge in [-0.25, -0.2) is 18.4 Å². The predicted molar refractivity (Wildman–Crippen MR) is 108 cm³/mol. The molecule has 0 aromatic heterocycles. The van der Waals surface area contributed by atoms with Gasteiger partial charge in [0.05, 0.1) is 24.7 Å². The number of hydrogen-bond donors (Lipinski definition) is 3. The van der Waals surface area contributed by atoms with Crippen LogP contribution in [0.1, 0.15) is 26.3 Å². The molecule has 2 aromatic carbocycles. The minimum absolute atomic E-state index is 0.0614. The Hall–Kier alpha value is -3.64. The molecule has 0 bridgehead atoms. The summed E-state index contributed by atoms with van der Waals surface area (Å²) in [7, 11) is -1.15. The lowest BCUT2D eigenvalue weighted by atomic mass is 10.1. The van der Waals surface area contributed by atoms with E-state index in [4.69, 9.17) is 19.3 Å². The summed E-state index contributed by atoms with van der Waals surface area (Å²) >= 11 is 0. The second-order valence-electron chi connectivity index (χ2n) is 6.17. The molecule has 4 N–H and O–H groups in total. The van der Waals surface area contributed by atoms with Crippen molar-refractivity contribution >= 4 is 27.8 Å². The molecule has 11 nitrogen and oxygen atoms in total. The summed E-state index contributed by atoms with van der Waals surface area (Å²) in [5.74, 6) is -1.63. The van der Waals surface area contributed by atoms with Crippen LogP contribution in [-0.2, 0) is 19.6 Å². The first-order valence-corrected chi connectivity index (χ1v) is 10.2. The van der Waals surface area contributed by atoms with Crippen molar-refractivity contribution in [3.63, 3.8) is 0 Å². The fourth-order valence-corrected chi connectivity index (χ4v) is 2.96. The van der Waals surface area contributed by atoms with Gasteiger partial charge in [-0.3, -0.25) is 20.4 Å². The van der Waals surface area contributed by atoms with E-state index in [9.17, 15) is 22.8 Å². The van der Waals surface area contributed by atoms with Gasteiger partial charge in [0, 0.05) is 5.56 Å². The molecule has 0 aliphatic carbocycles. The first-order valence-electron chi connectivity index (χ1n) is 8.68. The third-order valence-electron chi connectivity index (χ3n) is 4.05. The molecule has 0 unspecified atom stereocenters. The second kappa shape index (κ2) is 9.91. The van der Waals surface area contributed by atoms with Crippen molar-refractivity contribution in [3.8, 4) is 11.5 Å². The van der Waals surface area contributed by atoms with Gasteiger partial charge >= 0.3 is 5.97 Å². The number of carbonyl (C=O) groups excluding carboxylic acids is 3. The summed E-state index contributed by atoms with van der Waals surface area (Å²) in [6.07, 6.45) is 0. The second-order valence-corrected chi connectivity index (χ2v) is 7.73. The van der Waals surface area contributed by atoms with E-state index in [1.165, 1.54) is 44.6 Å². The van der Waals surface area contributed by atoms with E-state index in [0.29, 0.717) is 17.1 Å². The Balaban J connectivity index is 1.94. The molecule has 0 fully saturated rings. The summed E-state index contributed by atoms with van der Waals surface area (Å²) in [6, 6.07) is 8.10. The van der Waals surface area contributed by atoms with Gasteiger partial charge in [0.1, 0.15) is 0 Å². The largest absolute Gasteiger partial charge is 0.493 e. The van der Waals surface area contributed by atoms with Gasteiger partial charge in [0.25, 0.3) is 11.8 Å². The lowest BCUT2D eigenvalue weighted by Crippen LogP contribution is -2.43. The average Bonchev–Trinajstić information content (AvgIpc) is 2.74. The van der Waals surface area contributed by atoms with Crippen LogP contribution in [-0.4, -0.2) is 47.0 Å². The van der Waals surface area contributed by atoms with Crippen LogP contribution in [0.4, 0.5) is 0 Å². The number of methoxy groups -OCH3 is 2. The maximum absolute atomic E-state index is 12.2. The number of rotatable bonds is 7. The van der Waals surface area contributed by atoms with Gasteiger partial charge in [-0.1, -0.05) is 6.07 Å². The van der Waals surface area contributed by atoms with Crippen LogP contribution < -0.4 is 25.5 Å². The van der Waals surface area contributed by atoms with E-state index in [1.54, 1.807) is 6.92 Å². The zero-order valence-corrected chi connectivity index (χ0v) is 17.7.